The zero-order valence-corrected chi connectivity index (χ0v) is 16.3. The maximum Gasteiger partial charge on any atom is 0.252 e. The van der Waals surface area contributed by atoms with Gasteiger partial charge in [0.15, 0.2) is 9.84 Å². The molecule has 5 nitrogen and oxygen atoms in total. The van der Waals surface area contributed by atoms with Crippen LogP contribution >= 0.6 is 15.9 Å². The summed E-state index contributed by atoms with van der Waals surface area (Å²) in [5.41, 5.74) is 2.00. The van der Waals surface area contributed by atoms with E-state index in [1.54, 1.807) is 13.0 Å². The Labute approximate surface area is 155 Å². The Hall–Kier alpha value is -1.86. The van der Waals surface area contributed by atoms with Gasteiger partial charge < -0.3 is 10.1 Å². The Balaban J connectivity index is 1.91. The van der Waals surface area contributed by atoms with Gasteiger partial charge in [-0.15, -0.1) is 0 Å². The molecule has 0 saturated heterocycles. The molecule has 0 radical (unpaired) electrons. The van der Waals surface area contributed by atoms with Gasteiger partial charge in [-0.05, 0) is 42.8 Å². The van der Waals surface area contributed by atoms with E-state index in [-0.39, 0.29) is 16.8 Å². The molecule has 0 spiro atoms. The molecule has 25 heavy (non-hydrogen) atoms. The predicted octanol–water partition coefficient (Wildman–Crippen LogP) is 3.41. The Bertz CT molecular complexity index is 940. The van der Waals surface area contributed by atoms with Crippen molar-refractivity contribution in [3.63, 3.8) is 0 Å². The first-order chi connectivity index (χ1) is 11.8. The number of halogens is 1. The number of benzene rings is 2. The van der Waals surface area contributed by atoms with Crippen molar-refractivity contribution in [3.8, 4) is 5.75 Å². The van der Waals surface area contributed by atoms with Crippen molar-refractivity contribution in [1.82, 2.24) is 5.32 Å². The third kappa shape index (κ3) is 3.88. The first kappa shape index (κ1) is 17.9. The summed E-state index contributed by atoms with van der Waals surface area (Å²) in [4.78, 5) is 12.9. The third-order valence-electron chi connectivity index (χ3n) is 4.20. The van der Waals surface area contributed by atoms with Crippen LogP contribution in [0.25, 0.3) is 0 Å². The number of aryl methyl sites for hydroxylation is 1. The van der Waals surface area contributed by atoms with Gasteiger partial charge in [-0.25, -0.2) is 8.42 Å². The summed E-state index contributed by atoms with van der Waals surface area (Å²) in [6.07, 6.45) is 1.78. The highest BCUT2D eigenvalue weighted by atomic mass is 79.9. The molecule has 0 saturated carbocycles. The van der Waals surface area contributed by atoms with Crippen LogP contribution < -0.4 is 10.1 Å². The van der Waals surface area contributed by atoms with Crippen LogP contribution in [0.4, 0.5) is 0 Å². The lowest BCUT2D eigenvalue weighted by Crippen LogP contribution is -2.32. The minimum Gasteiger partial charge on any atom is -0.493 e. The van der Waals surface area contributed by atoms with E-state index in [0.717, 1.165) is 27.6 Å². The minimum absolute atomic E-state index is 0.137. The van der Waals surface area contributed by atoms with E-state index >= 15 is 0 Å². The Morgan fingerprint density at radius 2 is 2.00 bits per heavy atom. The Kier molecular flexibility index (Phi) is 4.88. The molecular formula is C18H18BrNO4S. The van der Waals surface area contributed by atoms with Crippen LogP contribution in [0.3, 0.4) is 0 Å². The number of ether oxygens (including phenoxy) is 1. The van der Waals surface area contributed by atoms with Crippen LogP contribution in [0.1, 0.15) is 33.9 Å². The lowest BCUT2D eigenvalue weighted by atomic mass is 9.99. The quantitative estimate of drug-likeness (QED) is 0.820. The van der Waals surface area contributed by atoms with E-state index in [9.17, 15) is 13.2 Å². The Morgan fingerprint density at radius 3 is 2.72 bits per heavy atom. The maximum absolute atomic E-state index is 12.7. The molecule has 0 bridgehead atoms. The predicted molar refractivity (Wildman–Crippen MR) is 98.8 cm³/mol. The fourth-order valence-corrected chi connectivity index (χ4v) is 3.85. The van der Waals surface area contributed by atoms with Gasteiger partial charge in [0.25, 0.3) is 5.91 Å². The van der Waals surface area contributed by atoms with Gasteiger partial charge in [0, 0.05) is 28.3 Å². The first-order valence-corrected chi connectivity index (χ1v) is 10.5. The smallest absolute Gasteiger partial charge is 0.252 e. The topological polar surface area (TPSA) is 72.5 Å². The SMILES string of the molecule is Cc1ccc(S(C)(=O)=O)cc1C(=O)NC1CCOc2ccc(Br)cc21. The number of hydrogen-bond donors (Lipinski definition) is 1. The lowest BCUT2D eigenvalue weighted by Gasteiger charge is -2.27. The molecule has 2 aromatic carbocycles. The van der Waals surface area contributed by atoms with Gasteiger partial charge in [-0.1, -0.05) is 22.0 Å². The normalized spacial score (nSPS) is 16.7. The van der Waals surface area contributed by atoms with Crippen LogP contribution in [0, 0.1) is 6.92 Å². The van der Waals surface area contributed by atoms with Gasteiger partial charge >= 0.3 is 0 Å². The monoisotopic (exact) mass is 423 g/mol. The number of carbonyl (C=O) groups is 1. The molecule has 3 rings (SSSR count). The number of rotatable bonds is 3. The second-order valence-electron chi connectivity index (χ2n) is 6.09. The maximum atomic E-state index is 12.7. The summed E-state index contributed by atoms with van der Waals surface area (Å²) in [6.45, 7) is 2.30. The molecule has 0 fully saturated rings. The highest BCUT2D eigenvalue weighted by molar-refractivity contribution is 9.10. The van der Waals surface area contributed by atoms with Crippen LogP contribution in [0.5, 0.6) is 5.75 Å². The van der Waals surface area contributed by atoms with Crippen molar-refractivity contribution in [2.75, 3.05) is 12.9 Å². The van der Waals surface area contributed by atoms with Crippen molar-refractivity contribution < 1.29 is 17.9 Å². The second kappa shape index (κ2) is 6.80. The molecule has 132 valence electrons. The van der Waals surface area contributed by atoms with E-state index in [0.29, 0.717) is 18.6 Å². The molecule has 1 amide bonds. The Morgan fingerprint density at radius 1 is 1.24 bits per heavy atom. The lowest BCUT2D eigenvalue weighted by molar-refractivity contribution is 0.0924. The number of hydrogen-bond acceptors (Lipinski definition) is 4. The fourth-order valence-electron chi connectivity index (χ4n) is 2.83. The van der Waals surface area contributed by atoms with Crippen molar-refractivity contribution in [1.29, 1.82) is 0 Å². The van der Waals surface area contributed by atoms with Crippen LogP contribution in [-0.4, -0.2) is 27.2 Å². The fraction of sp³-hybridized carbons (Fsp3) is 0.278. The molecule has 1 atom stereocenters. The molecular weight excluding hydrogens is 406 g/mol. The highest BCUT2D eigenvalue weighted by Gasteiger charge is 2.24. The van der Waals surface area contributed by atoms with Crippen molar-refractivity contribution in [3.05, 3.63) is 57.6 Å². The number of sulfone groups is 1. The van der Waals surface area contributed by atoms with Crippen LogP contribution in [-0.2, 0) is 9.84 Å². The number of carbonyl (C=O) groups excluding carboxylic acids is 1. The van der Waals surface area contributed by atoms with Gasteiger partial charge in [-0.2, -0.15) is 0 Å². The third-order valence-corrected chi connectivity index (χ3v) is 5.80. The molecule has 2 aromatic rings. The molecule has 1 aliphatic rings. The van der Waals surface area contributed by atoms with Gasteiger partial charge in [-0.3, -0.25) is 4.79 Å². The van der Waals surface area contributed by atoms with E-state index in [1.165, 1.54) is 12.1 Å². The summed E-state index contributed by atoms with van der Waals surface area (Å²) in [5, 5.41) is 3.00. The molecule has 0 aliphatic carbocycles. The molecule has 1 N–H and O–H groups in total. The molecule has 0 aromatic heterocycles. The second-order valence-corrected chi connectivity index (χ2v) is 9.03. The van der Waals surface area contributed by atoms with Gasteiger partial charge in [0.05, 0.1) is 17.5 Å². The van der Waals surface area contributed by atoms with Crippen LogP contribution in [0.15, 0.2) is 45.8 Å². The minimum atomic E-state index is -3.37. The van der Waals surface area contributed by atoms with Crippen molar-refractivity contribution in [2.45, 2.75) is 24.3 Å². The van der Waals surface area contributed by atoms with Gasteiger partial charge in [0.1, 0.15) is 5.75 Å². The molecule has 7 heteroatoms. The first-order valence-electron chi connectivity index (χ1n) is 7.79. The zero-order valence-electron chi connectivity index (χ0n) is 13.9. The van der Waals surface area contributed by atoms with Crippen molar-refractivity contribution in [2.24, 2.45) is 0 Å². The van der Waals surface area contributed by atoms with E-state index in [2.05, 4.69) is 21.2 Å². The zero-order chi connectivity index (χ0) is 18.2. The van der Waals surface area contributed by atoms with E-state index < -0.39 is 9.84 Å². The summed E-state index contributed by atoms with van der Waals surface area (Å²) in [7, 11) is -3.37. The molecule has 1 unspecified atom stereocenters. The average Bonchev–Trinajstić information content (AvgIpc) is 2.54. The number of nitrogens with one attached hydrogen (secondary N) is 1. The number of amides is 1. The van der Waals surface area contributed by atoms with Crippen molar-refractivity contribution >= 4 is 31.7 Å². The highest BCUT2D eigenvalue weighted by Crippen LogP contribution is 2.34. The summed E-state index contributed by atoms with van der Waals surface area (Å²) >= 11 is 3.44. The summed E-state index contributed by atoms with van der Waals surface area (Å²) in [5.74, 6) is 0.460. The van der Waals surface area contributed by atoms with E-state index in [1.807, 2.05) is 18.2 Å². The molecule has 1 aliphatic heterocycles. The number of fused-ring (bicyclic) bond motifs is 1. The van der Waals surface area contributed by atoms with Gasteiger partial charge in [0.2, 0.25) is 0 Å². The summed E-state index contributed by atoms with van der Waals surface area (Å²) in [6, 6.07) is 10.1. The average molecular weight is 424 g/mol. The van der Waals surface area contributed by atoms with Crippen LogP contribution in [0.2, 0.25) is 0 Å². The summed E-state index contributed by atoms with van der Waals surface area (Å²) < 4.78 is 30.1. The van der Waals surface area contributed by atoms with E-state index in [4.69, 9.17) is 4.74 Å². The standard InChI is InChI=1S/C18H18BrNO4S/c1-11-3-5-13(25(2,22)23)10-14(11)18(21)20-16-7-8-24-17-6-4-12(19)9-15(16)17/h3-6,9-10,16H,7-8H2,1-2H3,(H,20,21). The largest absolute Gasteiger partial charge is 0.493 e. The molecule has 1 heterocycles.